The molecule has 192 valence electrons. The van der Waals surface area contributed by atoms with Crippen LogP contribution in [0.15, 0.2) is 73.2 Å². The molecule has 0 bridgehead atoms. The number of anilines is 3. The van der Waals surface area contributed by atoms with Gasteiger partial charge in [-0.3, -0.25) is 9.59 Å². The number of aryl methyl sites for hydroxylation is 1. The van der Waals surface area contributed by atoms with Crippen molar-refractivity contribution in [2.24, 2.45) is 7.05 Å². The number of halogens is 1. The van der Waals surface area contributed by atoms with E-state index in [1.54, 1.807) is 29.9 Å². The average molecular weight is 513 g/mol. The molecule has 4 heterocycles. The van der Waals surface area contributed by atoms with Crippen molar-refractivity contribution in [3.63, 3.8) is 0 Å². The molecule has 2 aliphatic heterocycles. The molecule has 2 aromatic heterocycles. The van der Waals surface area contributed by atoms with Gasteiger partial charge in [0.15, 0.2) is 5.82 Å². The molecule has 1 amide bonds. The first-order valence-corrected chi connectivity index (χ1v) is 12.3. The molecule has 38 heavy (non-hydrogen) atoms. The summed E-state index contributed by atoms with van der Waals surface area (Å²) in [5.74, 6) is -0.665. The van der Waals surface area contributed by atoms with Gasteiger partial charge in [-0.05, 0) is 23.8 Å². The fourth-order valence-corrected chi connectivity index (χ4v) is 5.05. The number of amides is 1. The van der Waals surface area contributed by atoms with Crippen LogP contribution < -0.4 is 19.9 Å². The van der Waals surface area contributed by atoms with Crippen LogP contribution in [-0.2, 0) is 11.8 Å². The second-order valence-electron chi connectivity index (χ2n) is 9.33. The Balaban J connectivity index is 1.16. The third kappa shape index (κ3) is 4.34. The molecule has 4 aromatic rings. The van der Waals surface area contributed by atoms with Crippen molar-refractivity contribution in [3.05, 3.63) is 84.7 Å². The molecule has 10 heteroatoms. The van der Waals surface area contributed by atoms with Crippen LogP contribution in [0.25, 0.3) is 11.1 Å². The van der Waals surface area contributed by atoms with Gasteiger partial charge in [0.05, 0.1) is 24.1 Å². The highest BCUT2D eigenvalue weighted by Gasteiger charge is 2.34. The Morgan fingerprint density at radius 2 is 1.84 bits per heavy atom. The Bertz CT molecular complexity index is 1510. The molecule has 1 fully saturated rings. The van der Waals surface area contributed by atoms with E-state index >= 15 is 0 Å². The Kier molecular flexibility index (Phi) is 5.99. The molecule has 0 spiro atoms. The first-order valence-electron chi connectivity index (χ1n) is 12.3. The van der Waals surface area contributed by atoms with E-state index in [2.05, 4.69) is 20.2 Å². The van der Waals surface area contributed by atoms with Crippen molar-refractivity contribution < 1.29 is 18.7 Å². The normalized spacial score (nSPS) is 16.3. The van der Waals surface area contributed by atoms with E-state index in [1.807, 2.05) is 47.4 Å². The van der Waals surface area contributed by atoms with Crippen LogP contribution in [0.3, 0.4) is 0 Å². The molecule has 0 saturated carbocycles. The summed E-state index contributed by atoms with van der Waals surface area (Å²) in [6.07, 6.45) is 4.11. The number of carbonyl (C=O) groups excluding carboxylic acids is 2. The molecule has 9 nitrogen and oxygen atoms in total. The smallest absolute Gasteiger partial charge is 0.298 e. The number of carbonyl (C=O) groups is 2. The molecule has 0 radical (unpaired) electrons. The average Bonchev–Trinajstić information content (AvgIpc) is 3.34. The zero-order chi connectivity index (χ0) is 26.2. The van der Waals surface area contributed by atoms with Gasteiger partial charge < -0.3 is 24.4 Å². The van der Waals surface area contributed by atoms with Crippen LogP contribution in [0, 0.1) is 5.82 Å². The SMILES string of the molecule is Cn1ccc(-c2ccccc2)c1C(=O)C(=O)Nc1ccc2c(c1)OC[C@H]1CN(c3ncc(F)cn3)CCN21. The number of nitrogens with one attached hydrogen (secondary N) is 1. The van der Waals surface area contributed by atoms with Crippen LogP contribution in [0.4, 0.5) is 21.7 Å². The fraction of sp³-hybridized carbons (Fsp3) is 0.214. The van der Waals surface area contributed by atoms with Gasteiger partial charge in [-0.25, -0.2) is 14.4 Å². The van der Waals surface area contributed by atoms with E-state index in [4.69, 9.17) is 4.74 Å². The third-order valence-electron chi connectivity index (χ3n) is 6.91. The van der Waals surface area contributed by atoms with E-state index in [0.717, 1.165) is 11.3 Å². The van der Waals surface area contributed by atoms with Gasteiger partial charge in [0.2, 0.25) is 5.95 Å². The predicted molar refractivity (Wildman–Crippen MR) is 141 cm³/mol. The van der Waals surface area contributed by atoms with Gasteiger partial charge in [-0.1, -0.05) is 30.3 Å². The number of nitrogens with zero attached hydrogens (tertiary/aromatic N) is 5. The van der Waals surface area contributed by atoms with E-state index in [9.17, 15) is 14.0 Å². The Morgan fingerprint density at radius 3 is 2.63 bits per heavy atom. The maximum Gasteiger partial charge on any atom is 0.298 e. The topological polar surface area (TPSA) is 92.6 Å². The van der Waals surface area contributed by atoms with Crippen LogP contribution in [-0.4, -0.2) is 58.5 Å². The summed E-state index contributed by atoms with van der Waals surface area (Å²) < 4.78 is 20.9. The number of benzene rings is 2. The summed E-state index contributed by atoms with van der Waals surface area (Å²) in [6, 6.07) is 16.8. The van der Waals surface area contributed by atoms with Crippen LogP contribution >= 0.6 is 0 Å². The van der Waals surface area contributed by atoms with Crippen LogP contribution in [0.5, 0.6) is 5.75 Å². The number of Topliss-reactive ketones (excluding diaryl/α,β-unsaturated/α-hetero) is 1. The van der Waals surface area contributed by atoms with Gasteiger partial charge in [0.25, 0.3) is 11.7 Å². The molecule has 2 aliphatic rings. The predicted octanol–water partition coefficient (Wildman–Crippen LogP) is 3.53. The maximum absolute atomic E-state index is 13.2. The summed E-state index contributed by atoms with van der Waals surface area (Å²) in [4.78, 5) is 38.6. The molecular formula is C28H25FN6O3. The molecular weight excluding hydrogens is 487 g/mol. The third-order valence-corrected chi connectivity index (χ3v) is 6.91. The Morgan fingerprint density at radius 1 is 1.05 bits per heavy atom. The lowest BCUT2D eigenvalue weighted by atomic mass is 10.0. The van der Waals surface area contributed by atoms with Crippen LogP contribution in [0.1, 0.15) is 10.5 Å². The molecule has 2 aromatic carbocycles. The number of aromatic nitrogens is 3. The van der Waals surface area contributed by atoms with Crippen molar-refractivity contribution in [2.45, 2.75) is 6.04 Å². The maximum atomic E-state index is 13.2. The van der Waals surface area contributed by atoms with Crippen molar-refractivity contribution in [2.75, 3.05) is 41.4 Å². The van der Waals surface area contributed by atoms with Crippen molar-refractivity contribution >= 4 is 29.0 Å². The number of ether oxygens (including phenoxy) is 1. The summed E-state index contributed by atoms with van der Waals surface area (Å²) in [7, 11) is 1.75. The minimum absolute atomic E-state index is 0.0701. The second-order valence-corrected chi connectivity index (χ2v) is 9.33. The molecule has 1 atom stereocenters. The number of hydrogen-bond donors (Lipinski definition) is 1. The van der Waals surface area contributed by atoms with Crippen molar-refractivity contribution in [1.82, 2.24) is 14.5 Å². The quantitative estimate of drug-likeness (QED) is 0.323. The van der Waals surface area contributed by atoms with Gasteiger partial charge in [-0.15, -0.1) is 0 Å². The van der Waals surface area contributed by atoms with E-state index in [-0.39, 0.29) is 6.04 Å². The van der Waals surface area contributed by atoms with E-state index < -0.39 is 17.5 Å². The summed E-state index contributed by atoms with van der Waals surface area (Å²) in [5, 5.41) is 2.74. The van der Waals surface area contributed by atoms with E-state index in [0.29, 0.717) is 54.9 Å². The standard InChI is InChI=1S/C28H25FN6O3/c1-33-10-9-22(18-5-3-2-4-6-18)25(33)26(36)27(37)32-20-7-8-23-24(13-20)38-17-21-16-34(11-12-35(21)23)28-30-14-19(29)15-31-28/h2-10,13-15,21H,11-12,16-17H2,1H3,(H,32,37)/t21-/m1/s1. The highest BCUT2D eigenvalue weighted by Crippen LogP contribution is 2.37. The first kappa shape index (κ1) is 23.7. The zero-order valence-corrected chi connectivity index (χ0v) is 20.7. The van der Waals surface area contributed by atoms with Gasteiger partial charge in [0.1, 0.15) is 18.1 Å². The minimum Gasteiger partial charge on any atom is -0.489 e. The van der Waals surface area contributed by atoms with Gasteiger partial charge in [-0.2, -0.15) is 0 Å². The highest BCUT2D eigenvalue weighted by atomic mass is 19.1. The lowest BCUT2D eigenvalue weighted by Gasteiger charge is -2.45. The van der Waals surface area contributed by atoms with E-state index in [1.165, 1.54) is 12.4 Å². The molecule has 1 saturated heterocycles. The molecule has 1 N–H and O–H groups in total. The van der Waals surface area contributed by atoms with Crippen molar-refractivity contribution in [1.29, 1.82) is 0 Å². The monoisotopic (exact) mass is 512 g/mol. The minimum atomic E-state index is -0.717. The Hall–Kier alpha value is -4.73. The van der Waals surface area contributed by atoms with Gasteiger partial charge in [0, 0.05) is 50.2 Å². The fourth-order valence-electron chi connectivity index (χ4n) is 5.05. The molecule has 0 aliphatic carbocycles. The number of ketones is 1. The first-order chi connectivity index (χ1) is 18.5. The Labute approximate surface area is 218 Å². The zero-order valence-electron chi connectivity index (χ0n) is 20.7. The number of hydrogen-bond acceptors (Lipinski definition) is 7. The lowest BCUT2D eigenvalue weighted by Crippen LogP contribution is -2.57. The lowest BCUT2D eigenvalue weighted by molar-refractivity contribution is -0.112. The highest BCUT2D eigenvalue weighted by molar-refractivity contribution is 6.47. The molecule has 0 unspecified atom stereocenters. The summed E-state index contributed by atoms with van der Waals surface area (Å²) >= 11 is 0. The number of rotatable bonds is 5. The van der Waals surface area contributed by atoms with Crippen molar-refractivity contribution in [3.8, 4) is 16.9 Å². The summed E-state index contributed by atoms with van der Waals surface area (Å²) in [6.45, 7) is 2.46. The van der Waals surface area contributed by atoms with Crippen LogP contribution in [0.2, 0.25) is 0 Å². The molecule has 6 rings (SSSR count). The number of fused-ring (bicyclic) bond motifs is 3. The van der Waals surface area contributed by atoms with Gasteiger partial charge >= 0.3 is 0 Å². The number of piperazine rings is 1. The second kappa shape index (κ2) is 9.62. The summed E-state index contributed by atoms with van der Waals surface area (Å²) in [5.41, 5.74) is 3.30. The largest absolute Gasteiger partial charge is 0.489 e.